The molecule has 3 amide bonds. The molecule has 2 unspecified atom stereocenters. The van der Waals surface area contributed by atoms with Crippen LogP contribution in [-0.4, -0.2) is 57.9 Å². The Morgan fingerprint density at radius 2 is 1.72 bits per heavy atom. The zero-order valence-corrected chi connectivity index (χ0v) is 20.7. The number of phenolic OH excluding ortho intramolecular Hbond substituents is 1. The molecule has 180 valence electrons. The molecule has 0 saturated heterocycles. The number of phenols is 1. The molecule has 0 aromatic heterocycles. The number of amides is 3. The fourth-order valence-electron chi connectivity index (χ4n) is 3.02. The Kier molecular flexibility index (Phi) is 10.9. The number of benzene rings is 1. The monoisotopic (exact) mass is 467 g/mol. The van der Waals surface area contributed by atoms with E-state index >= 15 is 0 Å². The highest BCUT2D eigenvalue weighted by atomic mass is 32.1. The van der Waals surface area contributed by atoms with E-state index in [-0.39, 0.29) is 23.5 Å². The molecule has 1 aromatic rings. The van der Waals surface area contributed by atoms with Gasteiger partial charge in [0.25, 0.3) is 0 Å². The molecule has 8 nitrogen and oxygen atoms in total. The number of hydrogen-bond acceptors (Lipinski definition) is 6. The van der Waals surface area contributed by atoms with E-state index in [0.717, 1.165) is 6.42 Å². The number of rotatable bonds is 10. The number of aromatic hydroxyl groups is 1. The van der Waals surface area contributed by atoms with Gasteiger partial charge >= 0.3 is 6.09 Å². The minimum atomic E-state index is -0.975. The van der Waals surface area contributed by atoms with Crippen molar-refractivity contribution in [1.29, 1.82) is 0 Å². The van der Waals surface area contributed by atoms with Gasteiger partial charge in [-0.2, -0.15) is 12.6 Å². The molecule has 0 radical (unpaired) electrons. The molecule has 0 bridgehead atoms. The van der Waals surface area contributed by atoms with Crippen molar-refractivity contribution in [3.8, 4) is 5.75 Å². The number of carbonyl (C=O) groups is 3. The summed E-state index contributed by atoms with van der Waals surface area (Å²) < 4.78 is 5.28. The summed E-state index contributed by atoms with van der Waals surface area (Å²) in [6.45, 7) is 11.2. The average Bonchev–Trinajstić information content (AvgIpc) is 2.67. The second-order valence-electron chi connectivity index (χ2n) is 8.92. The third-order valence-electron chi connectivity index (χ3n) is 4.41. The van der Waals surface area contributed by atoms with Crippen LogP contribution in [-0.2, 0) is 14.3 Å². The summed E-state index contributed by atoms with van der Waals surface area (Å²) in [6, 6.07) is 4.14. The SMILES string of the molecule is CCCCN(C(=O)C(CS)NC(=O)OC(C)(C)C)C(C(=O)NC(C)C)c1ccc(O)cc1. The Morgan fingerprint density at radius 3 is 2.19 bits per heavy atom. The summed E-state index contributed by atoms with van der Waals surface area (Å²) in [6.07, 6.45) is 0.748. The summed E-state index contributed by atoms with van der Waals surface area (Å²) in [5.41, 5.74) is -0.164. The van der Waals surface area contributed by atoms with E-state index in [0.29, 0.717) is 18.5 Å². The second-order valence-corrected chi connectivity index (χ2v) is 9.29. The van der Waals surface area contributed by atoms with Crippen LogP contribution in [0.25, 0.3) is 0 Å². The highest BCUT2D eigenvalue weighted by Gasteiger charge is 2.35. The summed E-state index contributed by atoms with van der Waals surface area (Å²) >= 11 is 4.25. The normalized spacial score (nSPS) is 13.2. The topological polar surface area (TPSA) is 108 Å². The van der Waals surface area contributed by atoms with Gasteiger partial charge in [0, 0.05) is 18.3 Å². The van der Waals surface area contributed by atoms with Crippen molar-refractivity contribution in [1.82, 2.24) is 15.5 Å². The van der Waals surface area contributed by atoms with E-state index in [1.807, 2.05) is 20.8 Å². The molecule has 0 heterocycles. The van der Waals surface area contributed by atoms with Crippen molar-refractivity contribution in [3.05, 3.63) is 29.8 Å². The maximum atomic E-state index is 13.5. The number of unbranched alkanes of at least 4 members (excludes halogenated alkanes) is 1. The molecule has 1 rings (SSSR count). The molecule has 0 fully saturated rings. The number of alkyl carbamates (subject to hydrolysis) is 1. The molecule has 0 saturated carbocycles. The summed E-state index contributed by atoms with van der Waals surface area (Å²) in [7, 11) is 0. The molecule has 0 aliphatic rings. The molecular weight excluding hydrogens is 430 g/mol. The van der Waals surface area contributed by atoms with Gasteiger partial charge in [-0.15, -0.1) is 0 Å². The Balaban J connectivity index is 3.31. The first-order valence-corrected chi connectivity index (χ1v) is 11.5. The van der Waals surface area contributed by atoms with Gasteiger partial charge in [-0.25, -0.2) is 4.79 Å². The fourth-order valence-corrected chi connectivity index (χ4v) is 3.27. The molecule has 2 atom stereocenters. The van der Waals surface area contributed by atoms with E-state index in [2.05, 4.69) is 23.3 Å². The number of ether oxygens (including phenoxy) is 1. The highest BCUT2D eigenvalue weighted by molar-refractivity contribution is 7.80. The van der Waals surface area contributed by atoms with Crippen LogP contribution in [0.4, 0.5) is 4.79 Å². The van der Waals surface area contributed by atoms with Gasteiger partial charge in [0.2, 0.25) is 11.8 Å². The van der Waals surface area contributed by atoms with E-state index in [1.54, 1.807) is 32.9 Å². The first-order chi connectivity index (χ1) is 14.9. The molecule has 9 heteroatoms. The Morgan fingerprint density at radius 1 is 1.12 bits per heavy atom. The lowest BCUT2D eigenvalue weighted by molar-refractivity contribution is -0.142. The Bertz CT molecular complexity index is 762. The number of nitrogens with one attached hydrogen (secondary N) is 2. The molecule has 0 aliphatic heterocycles. The van der Waals surface area contributed by atoms with Crippen LogP contribution >= 0.6 is 12.6 Å². The van der Waals surface area contributed by atoms with Crippen molar-refractivity contribution in [3.63, 3.8) is 0 Å². The minimum Gasteiger partial charge on any atom is -0.508 e. The van der Waals surface area contributed by atoms with Crippen molar-refractivity contribution in [2.45, 2.75) is 78.1 Å². The van der Waals surface area contributed by atoms with Gasteiger partial charge in [0.05, 0.1) is 0 Å². The van der Waals surface area contributed by atoms with Gasteiger partial charge in [-0.05, 0) is 58.7 Å². The van der Waals surface area contributed by atoms with Crippen molar-refractivity contribution in [2.75, 3.05) is 12.3 Å². The average molecular weight is 468 g/mol. The first kappa shape index (κ1) is 27.6. The maximum absolute atomic E-state index is 13.5. The van der Waals surface area contributed by atoms with E-state index < -0.39 is 29.7 Å². The van der Waals surface area contributed by atoms with Gasteiger partial charge < -0.3 is 25.4 Å². The lowest BCUT2D eigenvalue weighted by Gasteiger charge is -2.34. The number of hydrogen-bond donors (Lipinski definition) is 4. The Labute approximate surface area is 196 Å². The standard InChI is InChI=1S/C23H37N3O5S/c1-7-8-13-26(21(29)18(14-32)25-22(30)31-23(4,5)6)19(20(28)24-15(2)3)16-9-11-17(27)12-10-16/h9-12,15,18-19,27,32H,7-8,13-14H2,1-6H3,(H,24,28)(H,25,30). The van der Waals surface area contributed by atoms with Gasteiger partial charge in [-0.3, -0.25) is 9.59 Å². The lowest BCUT2D eigenvalue weighted by atomic mass is 10.0. The van der Waals surface area contributed by atoms with Crippen LogP contribution in [0.2, 0.25) is 0 Å². The van der Waals surface area contributed by atoms with Crippen LogP contribution in [0.3, 0.4) is 0 Å². The Hall–Kier alpha value is -2.42. The van der Waals surface area contributed by atoms with Crippen molar-refractivity contribution >= 4 is 30.5 Å². The maximum Gasteiger partial charge on any atom is 0.408 e. The van der Waals surface area contributed by atoms with Gasteiger partial charge in [-0.1, -0.05) is 25.5 Å². The van der Waals surface area contributed by atoms with E-state index in [1.165, 1.54) is 17.0 Å². The lowest BCUT2D eigenvalue weighted by Crippen LogP contribution is -2.54. The molecule has 1 aromatic carbocycles. The predicted molar refractivity (Wildman–Crippen MR) is 128 cm³/mol. The van der Waals surface area contributed by atoms with Gasteiger partial charge in [0.15, 0.2) is 0 Å². The highest BCUT2D eigenvalue weighted by Crippen LogP contribution is 2.25. The smallest absolute Gasteiger partial charge is 0.408 e. The largest absolute Gasteiger partial charge is 0.508 e. The zero-order chi connectivity index (χ0) is 24.5. The van der Waals surface area contributed by atoms with Crippen molar-refractivity contribution < 1.29 is 24.2 Å². The number of nitrogens with zero attached hydrogens (tertiary/aromatic N) is 1. The van der Waals surface area contributed by atoms with Crippen molar-refractivity contribution in [2.24, 2.45) is 0 Å². The molecule has 0 spiro atoms. The second kappa shape index (κ2) is 12.6. The van der Waals surface area contributed by atoms with Gasteiger partial charge in [0.1, 0.15) is 23.4 Å². The quantitative estimate of drug-likeness (QED) is 0.395. The first-order valence-electron chi connectivity index (χ1n) is 10.9. The minimum absolute atomic E-state index is 0.0365. The summed E-state index contributed by atoms with van der Waals surface area (Å²) in [5.74, 6) is -0.681. The molecule has 3 N–H and O–H groups in total. The predicted octanol–water partition coefficient (Wildman–Crippen LogP) is 3.41. The molecule has 32 heavy (non-hydrogen) atoms. The molecule has 0 aliphatic carbocycles. The number of carbonyl (C=O) groups excluding carboxylic acids is 3. The van der Waals surface area contributed by atoms with E-state index in [4.69, 9.17) is 4.74 Å². The van der Waals surface area contributed by atoms with Crippen LogP contribution in [0.15, 0.2) is 24.3 Å². The van der Waals surface area contributed by atoms with Crippen LogP contribution in [0, 0.1) is 0 Å². The van der Waals surface area contributed by atoms with Crippen LogP contribution in [0.5, 0.6) is 5.75 Å². The third-order valence-corrected chi connectivity index (χ3v) is 4.77. The van der Waals surface area contributed by atoms with Crippen LogP contribution < -0.4 is 10.6 Å². The molecular formula is C23H37N3O5S. The zero-order valence-electron chi connectivity index (χ0n) is 19.8. The summed E-state index contributed by atoms with van der Waals surface area (Å²) in [4.78, 5) is 40.4. The van der Waals surface area contributed by atoms with E-state index in [9.17, 15) is 19.5 Å². The summed E-state index contributed by atoms with van der Waals surface area (Å²) in [5, 5.41) is 15.1. The third kappa shape index (κ3) is 8.98. The van der Waals surface area contributed by atoms with Crippen LogP contribution in [0.1, 0.15) is 66.0 Å². The number of thiol groups is 1. The fraction of sp³-hybridized carbons (Fsp3) is 0.609.